The molecule has 2 aliphatic rings. The maximum atomic E-state index is 11.0. The van der Waals surface area contributed by atoms with Crippen LogP contribution in [0.15, 0.2) is 17.0 Å². The molecule has 0 spiro atoms. The fourth-order valence-electron chi connectivity index (χ4n) is 2.92. The maximum absolute atomic E-state index is 11.0. The second-order valence-electron chi connectivity index (χ2n) is 5.92. The van der Waals surface area contributed by atoms with E-state index < -0.39 is 11.6 Å². The topological polar surface area (TPSA) is 94.5 Å². The van der Waals surface area contributed by atoms with E-state index in [1.807, 2.05) is 17.8 Å². The Kier molecular flexibility index (Phi) is 4.56. The summed E-state index contributed by atoms with van der Waals surface area (Å²) in [6, 6.07) is 4.36. The fourth-order valence-corrected chi connectivity index (χ4v) is 3.76. The van der Waals surface area contributed by atoms with E-state index in [4.69, 9.17) is 5.11 Å². The number of carbonyl (C=O) groups is 1. The predicted octanol–water partition coefficient (Wildman–Crippen LogP) is 1.45. The Morgan fingerprint density at radius 1 is 1.45 bits per heavy atom. The van der Waals surface area contributed by atoms with Gasteiger partial charge >= 0.3 is 5.97 Å². The van der Waals surface area contributed by atoms with Crippen LogP contribution in [0.25, 0.3) is 0 Å². The van der Waals surface area contributed by atoms with Gasteiger partial charge < -0.3 is 20.8 Å². The van der Waals surface area contributed by atoms with Gasteiger partial charge in [0, 0.05) is 29.8 Å². The Morgan fingerprint density at radius 2 is 2.23 bits per heavy atom. The van der Waals surface area contributed by atoms with Crippen molar-refractivity contribution in [3.8, 4) is 0 Å². The van der Waals surface area contributed by atoms with Crippen molar-refractivity contribution in [1.82, 2.24) is 10.3 Å². The maximum Gasteiger partial charge on any atom is 0.335 e. The predicted molar refractivity (Wildman–Crippen MR) is 85.1 cm³/mol. The number of pyridine rings is 1. The molecule has 0 atom stereocenters. The number of hydrogen-bond donors (Lipinski definition) is 4. The third-order valence-corrected chi connectivity index (χ3v) is 5.40. The minimum atomic E-state index is -1.54. The van der Waals surface area contributed by atoms with E-state index in [2.05, 4.69) is 21.7 Å². The standard InChI is InChI=1S/C15H21N3O3S/c19-14(20)15(21)5-3-10(4-6-15)17-9-11-1-2-12-13(18-11)16-7-8-22-12/h1-2,10,17,21H,3-9H2,(H,16,18)(H,19,20). The van der Waals surface area contributed by atoms with Gasteiger partial charge in [0.2, 0.25) is 0 Å². The average molecular weight is 323 g/mol. The summed E-state index contributed by atoms with van der Waals surface area (Å²) >= 11 is 1.82. The highest BCUT2D eigenvalue weighted by atomic mass is 32.2. The van der Waals surface area contributed by atoms with E-state index >= 15 is 0 Å². The number of rotatable bonds is 4. The van der Waals surface area contributed by atoms with Crippen LogP contribution in [0.3, 0.4) is 0 Å². The number of nitrogens with zero attached hydrogens (tertiary/aromatic N) is 1. The van der Waals surface area contributed by atoms with Gasteiger partial charge in [0.1, 0.15) is 5.82 Å². The average Bonchev–Trinajstić information content (AvgIpc) is 2.54. The third-order valence-electron chi connectivity index (χ3n) is 4.35. The van der Waals surface area contributed by atoms with E-state index in [1.165, 1.54) is 4.90 Å². The number of hydrogen-bond acceptors (Lipinski definition) is 6. The molecule has 0 unspecified atom stereocenters. The number of aromatic nitrogens is 1. The zero-order valence-electron chi connectivity index (χ0n) is 12.3. The number of carboxylic acid groups (broad SMARTS) is 1. The molecule has 0 radical (unpaired) electrons. The molecule has 1 aliphatic heterocycles. The van der Waals surface area contributed by atoms with Gasteiger partial charge in [-0.25, -0.2) is 9.78 Å². The molecule has 0 bridgehead atoms. The van der Waals surface area contributed by atoms with E-state index in [1.54, 1.807) is 0 Å². The smallest absolute Gasteiger partial charge is 0.335 e. The molecule has 22 heavy (non-hydrogen) atoms. The van der Waals surface area contributed by atoms with Crippen LogP contribution >= 0.6 is 11.8 Å². The van der Waals surface area contributed by atoms with Crippen molar-refractivity contribution in [2.45, 2.75) is 48.8 Å². The van der Waals surface area contributed by atoms with Gasteiger partial charge in [0.05, 0.1) is 5.69 Å². The first-order valence-electron chi connectivity index (χ1n) is 7.62. The lowest BCUT2D eigenvalue weighted by molar-refractivity contribution is -0.162. The van der Waals surface area contributed by atoms with Crippen LogP contribution in [0, 0.1) is 0 Å². The van der Waals surface area contributed by atoms with E-state index in [9.17, 15) is 9.90 Å². The van der Waals surface area contributed by atoms with Crippen LogP contribution in [-0.4, -0.2) is 45.1 Å². The molecule has 7 heteroatoms. The van der Waals surface area contributed by atoms with E-state index in [-0.39, 0.29) is 6.04 Å². The molecule has 4 N–H and O–H groups in total. The van der Waals surface area contributed by atoms with Crippen LogP contribution in [-0.2, 0) is 11.3 Å². The minimum absolute atomic E-state index is 0.236. The van der Waals surface area contributed by atoms with Crippen LogP contribution in [0.1, 0.15) is 31.4 Å². The fraction of sp³-hybridized carbons (Fsp3) is 0.600. The zero-order valence-corrected chi connectivity index (χ0v) is 13.2. The van der Waals surface area contributed by atoms with Crippen molar-refractivity contribution < 1.29 is 15.0 Å². The Hall–Kier alpha value is -1.31. The molecule has 1 aliphatic carbocycles. The number of aliphatic carboxylic acids is 1. The van der Waals surface area contributed by atoms with Gasteiger partial charge in [-0.15, -0.1) is 11.8 Å². The first-order valence-corrected chi connectivity index (χ1v) is 8.61. The lowest BCUT2D eigenvalue weighted by Crippen LogP contribution is -2.46. The summed E-state index contributed by atoms with van der Waals surface area (Å²) in [5.74, 6) is 0.922. The Bertz CT molecular complexity index is 559. The second-order valence-corrected chi connectivity index (χ2v) is 7.05. The molecule has 2 heterocycles. The molecule has 3 rings (SSSR count). The minimum Gasteiger partial charge on any atom is -0.479 e. The second kappa shape index (κ2) is 6.44. The normalized spacial score (nSPS) is 27.8. The van der Waals surface area contributed by atoms with Gasteiger partial charge in [-0.05, 0) is 37.8 Å². The first-order chi connectivity index (χ1) is 10.6. The Labute approximate surface area is 133 Å². The van der Waals surface area contributed by atoms with Crippen LogP contribution < -0.4 is 10.6 Å². The summed E-state index contributed by atoms with van der Waals surface area (Å²) in [4.78, 5) is 16.8. The van der Waals surface area contributed by atoms with Crippen molar-refractivity contribution in [2.24, 2.45) is 0 Å². The largest absolute Gasteiger partial charge is 0.479 e. The number of fused-ring (bicyclic) bond motifs is 1. The number of carboxylic acids is 1. The van der Waals surface area contributed by atoms with E-state index in [0.717, 1.165) is 23.8 Å². The SMILES string of the molecule is O=C(O)C1(O)CCC(NCc2ccc3c(n2)NCCS3)CC1. The van der Waals surface area contributed by atoms with Crippen molar-refractivity contribution in [2.75, 3.05) is 17.6 Å². The summed E-state index contributed by atoms with van der Waals surface area (Å²) in [5.41, 5.74) is -0.559. The number of nitrogens with one attached hydrogen (secondary N) is 2. The van der Waals surface area contributed by atoms with Crippen LogP contribution in [0.4, 0.5) is 5.82 Å². The zero-order chi connectivity index (χ0) is 15.6. The van der Waals surface area contributed by atoms with Crippen LogP contribution in [0.5, 0.6) is 0 Å². The molecule has 6 nitrogen and oxygen atoms in total. The lowest BCUT2D eigenvalue weighted by atomic mass is 9.82. The highest BCUT2D eigenvalue weighted by Gasteiger charge is 2.39. The molecular formula is C15H21N3O3S. The van der Waals surface area contributed by atoms with Crippen molar-refractivity contribution >= 4 is 23.5 Å². The number of thioether (sulfide) groups is 1. The summed E-state index contributed by atoms with van der Waals surface area (Å²) in [6.45, 7) is 1.60. The van der Waals surface area contributed by atoms with Crippen LogP contribution in [0.2, 0.25) is 0 Å². The van der Waals surface area contributed by atoms with Crippen molar-refractivity contribution in [1.29, 1.82) is 0 Å². The van der Waals surface area contributed by atoms with Crippen molar-refractivity contribution in [3.63, 3.8) is 0 Å². The molecule has 0 saturated heterocycles. The number of anilines is 1. The highest BCUT2D eigenvalue weighted by molar-refractivity contribution is 7.99. The molecule has 0 amide bonds. The van der Waals surface area contributed by atoms with Gasteiger partial charge in [0.15, 0.2) is 5.60 Å². The summed E-state index contributed by atoms with van der Waals surface area (Å²) in [6.07, 6.45) is 1.94. The quantitative estimate of drug-likeness (QED) is 0.666. The molecule has 0 aromatic carbocycles. The van der Waals surface area contributed by atoms with Gasteiger partial charge in [-0.3, -0.25) is 0 Å². The first kappa shape index (κ1) is 15.6. The molecule has 1 aromatic rings. The highest BCUT2D eigenvalue weighted by Crippen LogP contribution is 2.30. The molecule has 120 valence electrons. The summed E-state index contributed by atoms with van der Waals surface area (Å²) in [5, 5.41) is 25.7. The Balaban J connectivity index is 1.52. The third kappa shape index (κ3) is 3.37. The molecular weight excluding hydrogens is 302 g/mol. The lowest BCUT2D eigenvalue weighted by Gasteiger charge is -2.33. The van der Waals surface area contributed by atoms with Gasteiger partial charge in [-0.1, -0.05) is 0 Å². The molecule has 1 fully saturated rings. The Morgan fingerprint density at radius 3 is 2.95 bits per heavy atom. The summed E-state index contributed by atoms with van der Waals surface area (Å²) in [7, 11) is 0. The summed E-state index contributed by atoms with van der Waals surface area (Å²) < 4.78 is 0. The number of aliphatic hydroxyl groups is 1. The molecule has 1 saturated carbocycles. The van der Waals surface area contributed by atoms with E-state index in [0.29, 0.717) is 32.2 Å². The van der Waals surface area contributed by atoms with Crippen molar-refractivity contribution in [3.05, 3.63) is 17.8 Å². The van der Waals surface area contributed by atoms with Gasteiger partial charge in [0.25, 0.3) is 0 Å². The molecule has 1 aromatic heterocycles. The monoisotopic (exact) mass is 323 g/mol. The van der Waals surface area contributed by atoms with Gasteiger partial charge in [-0.2, -0.15) is 0 Å².